The van der Waals surface area contributed by atoms with Crippen molar-refractivity contribution in [2.24, 2.45) is 0 Å². The Morgan fingerprint density at radius 2 is 1.13 bits per heavy atom. The highest BCUT2D eigenvalue weighted by Gasteiger charge is 2.22. The van der Waals surface area contributed by atoms with Crippen molar-refractivity contribution in [1.29, 1.82) is 0 Å². The molecule has 0 fully saturated rings. The van der Waals surface area contributed by atoms with Crippen LogP contribution in [-0.2, 0) is 0 Å². The second-order valence-corrected chi connectivity index (χ2v) is 11.3. The Kier molecular flexibility index (Phi) is 5.78. The molecule has 7 aromatic carbocycles. The van der Waals surface area contributed by atoms with Crippen molar-refractivity contribution in [2.45, 2.75) is 0 Å². The van der Waals surface area contributed by atoms with Gasteiger partial charge in [0.15, 0.2) is 5.58 Å². The Balaban J connectivity index is 1.28. The summed E-state index contributed by atoms with van der Waals surface area (Å²) in [6.45, 7) is 0. The van der Waals surface area contributed by atoms with Crippen LogP contribution in [0.25, 0.3) is 60.5 Å². The van der Waals surface area contributed by atoms with E-state index in [4.69, 9.17) is 9.40 Å². The molecule has 9 aromatic rings. The van der Waals surface area contributed by atoms with Crippen molar-refractivity contribution in [2.75, 3.05) is 4.90 Å². The smallest absolute Gasteiger partial charge is 0.307 e. The fraction of sp³-hybridized carbons (Fsp3) is 0. The molecule has 2 heterocycles. The highest BCUT2D eigenvalue weighted by Crippen LogP contribution is 2.41. The molecule has 0 atom stereocenters. The van der Waals surface area contributed by atoms with Gasteiger partial charge < -0.3 is 8.98 Å². The molecular weight excluding hydrogens is 550 g/mol. The SMILES string of the molecule is c1ccc(-c2ccc(N(c3ccc4c5ccccc5n(-c5ccccc5)c4c3)c3nc4ccc5ccccc5c4o3)cc2)cc1. The molecular formula is C41H27N3O. The van der Waals surface area contributed by atoms with Crippen LogP contribution in [0.2, 0.25) is 0 Å². The topological polar surface area (TPSA) is 34.2 Å². The molecule has 0 unspecified atom stereocenters. The number of para-hydroxylation sites is 2. The average molecular weight is 578 g/mol. The van der Waals surface area contributed by atoms with Gasteiger partial charge in [-0.05, 0) is 65.0 Å². The van der Waals surface area contributed by atoms with Crippen LogP contribution in [0.1, 0.15) is 0 Å². The zero-order chi connectivity index (χ0) is 29.7. The van der Waals surface area contributed by atoms with Crippen molar-refractivity contribution in [3.8, 4) is 16.8 Å². The molecule has 4 heteroatoms. The minimum atomic E-state index is 0.524. The van der Waals surface area contributed by atoms with E-state index in [1.54, 1.807) is 0 Å². The van der Waals surface area contributed by atoms with E-state index in [1.807, 2.05) is 24.3 Å². The van der Waals surface area contributed by atoms with E-state index in [1.165, 1.54) is 21.9 Å². The van der Waals surface area contributed by atoms with Gasteiger partial charge in [-0.2, -0.15) is 4.98 Å². The summed E-state index contributed by atoms with van der Waals surface area (Å²) < 4.78 is 9.00. The molecule has 0 aliphatic rings. The zero-order valence-electron chi connectivity index (χ0n) is 24.3. The van der Waals surface area contributed by atoms with Crippen LogP contribution in [0.15, 0.2) is 168 Å². The van der Waals surface area contributed by atoms with Crippen LogP contribution >= 0.6 is 0 Å². The largest absolute Gasteiger partial charge is 0.422 e. The fourth-order valence-corrected chi connectivity index (χ4v) is 6.50. The fourth-order valence-electron chi connectivity index (χ4n) is 6.50. The monoisotopic (exact) mass is 577 g/mol. The van der Waals surface area contributed by atoms with Gasteiger partial charge in [0.05, 0.1) is 22.4 Å². The van der Waals surface area contributed by atoms with Crippen LogP contribution in [0.5, 0.6) is 0 Å². The summed E-state index contributed by atoms with van der Waals surface area (Å²) in [6, 6.07) is 57.8. The molecule has 0 saturated heterocycles. The molecule has 212 valence electrons. The highest BCUT2D eigenvalue weighted by atomic mass is 16.4. The Morgan fingerprint density at radius 1 is 0.489 bits per heavy atom. The summed E-state index contributed by atoms with van der Waals surface area (Å²) >= 11 is 0. The predicted octanol–water partition coefficient (Wildman–Crippen LogP) is 11.2. The molecule has 0 amide bonds. The van der Waals surface area contributed by atoms with Crippen LogP contribution in [0.3, 0.4) is 0 Å². The molecule has 0 N–H and O–H groups in total. The maximum absolute atomic E-state index is 6.66. The first kappa shape index (κ1) is 25.4. The first-order valence-electron chi connectivity index (χ1n) is 15.1. The molecule has 0 aliphatic heterocycles. The standard InChI is InChI=1S/C41H27N3O/c1-3-11-28(12-4-1)29-19-22-32(23-20-29)43(41-42-37-26-21-30-13-7-8-16-34(30)40(37)45-41)33-24-25-36-35-17-9-10-18-38(35)44(39(36)27-33)31-14-5-2-6-15-31/h1-27H. The van der Waals surface area contributed by atoms with E-state index in [0.717, 1.165) is 50.0 Å². The average Bonchev–Trinajstić information content (AvgIpc) is 3.69. The van der Waals surface area contributed by atoms with Gasteiger partial charge in [-0.1, -0.05) is 115 Å². The highest BCUT2D eigenvalue weighted by molar-refractivity contribution is 6.10. The number of aromatic nitrogens is 2. The maximum atomic E-state index is 6.66. The quantitative estimate of drug-likeness (QED) is 0.204. The van der Waals surface area contributed by atoms with Gasteiger partial charge in [0.25, 0.3) is 0 Å². The van der Waals surface area contributed by atoms with E-state index in [9.17, 15) is 0 Å². The van der Waals surface area contributed by atoms with Crippen LogP contribution in [0, 0.1) is 0 Å². The van der Waals surface area contributed by atoms with Crippen molar-refractivity contribution < 1.29 is 4.42 Å². The number of hydrogen-bond donors (Lipinski definition) is 0. The summed E-state index contributed by atoms with van der Waals surface area (Å²) in [5, 5.41) is 4.59. The van der Waals surface area contributed by atoms with Gasteiger partial charge in [0.1, 0.15) is 5.52 Å². The Bertz CT molecular complexity index is 2480. The first-order valence-corrected chi connectivity index (χ1v) is 15.1. The Morgan fingerprint density at radius 3 is 1.96 bits per heavy atom. The third-order valence-corrected chi connectivity index (χ3v) is 8.62. The minimum Gasteiger partial charge on any atom is -0.422 e. The lowest BCUT2D eigenvalue weighted by molar-refractivity contribution is 0.611. The zero-order valence-corrected chi connectivity index (χ0v) is 24.3. The van der Waals surface area contributed by atoms with Gasteiger partial charge in [-0.3, -0.25) is 4.90 Å². The maximum Gasteiger partial charge on any atom is 0.307 e. The Labute approximate surface area is 260 Å². The Hall–Kier alpha value is -6.13. The van der Waals surface area contributed by atoms with Crippen molar-refractivity contribution in [3.63, 3.8) is 0 Å². The molecule has 0 aliphatic carbocycles. The molecule has 4 nitrogen and oxygen atoms in total. The third kappa shape index (κ3) is 4.19. The molecule has 9 rings (SSSR count). The summed E-state index contributed by atoms with van der Waals surface area (Å²) in [5.41, 5.74) is 9.28. The van der Waals surface area contributed by atoms with Crippen molar-refractivity contribution in [3.05, 3.63) is 164 Å². The lowest BCUT2D eigenvalue weighted by Crippen LogP contribution is -2.10. The number of nitrogens with zero attached hydrogens (tertiary/aromatic N) is 3. The summed E-state index contributed by atoms with van der Waals surface area (Å²) in [4.78, 5) is 7.17. The molecule has 0 saturated carbocycles. The van der Waals surface area contributed by atoms with E-state index in [2.05, 4.69) is 149 Å². The lowest BCUT2D eigenvalue weighted by Gasteiger charge is -2.22. The van der Waals surface area contributed by atoms with Crippen LogP contribution < -0.4 is 4.90 Å². The van der Waals surface area contributed by atoms with Crippen molar-refractivity contribution >= 4 is 61.1 Å². The minimum absolute atomic E-state index is 0.524. The molecule has 0 spiro atoms. The summed E-state index contributed by atoms with van der Waals surface area (Å²) in [5.74, 6) is 0. The number of oxazole rings is 1. The summed E-state index contributed by atoms with van der Waals surface area (Å²) in [7, 11) is 0. The summed E-state index contributed by atoms with van der Waals surface area (Å²) in [6.07, 6.45) is 0. The number of anilines is 3. The van der Waals surface area contributed by atoms with E-state index in [0.29, 0.717) is 6.01 Å². The normalized spacial score (nSPS) is 11.6. The number of fused-ring (bicyclic) bond motifs is 6. The van der Waals surface area contributed by atoms with Gasteiger partial charge in [0.2, 0.25) is 0 Å². The second kappa shape index (κ2) is 10.2. The van der Waals surface area contributed by atoms with Crippen LogP contribution in [-0.4, -0.2) is 9.55 Å². The van der Waals surface area contributed by atoms with E-state index >= 15 is 0 Å². The van der Waals surface area contributed by atoms with E-state index in [-0.39, 0.29) is 0 Å². The van der Waals surface area contributed by atoms with Gasteiger partial charge in [0, 0.05) is 21.8 Å². The molecule has 2 aromatic heterocycles. The predicted molar refractivity (Wildman–Crippen MR) is 186 cm³/mol. The van der Waals surface area contributed by atoms with Gasteiger partial charge >= 0.3 is 6.01 Å². The molecule has 0 bridgehead atoms. The lowest BCUT2D eigenvalue weighted by atomic mass is 10.1. The van der Waals surface area contributed by atoms with Gasteiger partial charge in [-0.25, -0.2) is 0 Å². The molecule has 45 heavy (non-hydrogen) atoms. The first-order chi connectivity index (χ1) is 22.3. The second-order valence-electron chi connectivity index (χ2n) is 11.3. The van der Waals surface area contributed by atoms with Gasteiger partial charge in [-0.15, -0.1) is 0 Å². The number of hydrogen-bond acceptors (Lipinski definition) is 3. The van der Waals surface area contributed by atoms with Crippen molar-refractivity contribution in [1.82, 2.24) is 9.55 Å². The van der Waals surface area contributed by atoms with E-state index < -0.39 is 0 Å². The van der Waals surface area contributed by atoms with Crippen LogP contribution in [0.4, 0.5) is 17.4 Å². The third-order valence-electron chi connectivity index (χ3n) is 8.62. The number of rotatable bonds is 5. The number of benzene rings is 7. The molecule has 0 radical (unpaired) electrons.